The first-order valence-electron chi connectivity index (χ1n) is 9.50. The second kappa shape index (κ2) is 11.0. The molecule has 0 bridgehead atoms. The Balaban J connectivity index is 1.67. The Morgan fingerprint density at radius 3 is 2.67 bits per heavy atom. The molecular weight excluding hydrogens is 306 g/mol. The standard InChI is InChI=1S/C19H33NO4/c21-12-6-4-2-1-3-5-7-16-15-18(22)17(19(16)23)8-9-20-10-13-24-14-11-20/h5,7,16-17,19,21,23H,1-4,6,8-15H2/b7-5+/t16-,17?,19-/m0/s1. The van der Waals surface area contributed by atoms with Crippen molar-refractivity contribution in [1.29, 1.82) is 0 Å². The Kier molecular flexibility index (Phi) is 8.95. The van der Waals surface area contributed by atoms with Gasteiger partial charge in [0.05, 0.1) is 19.3 Å². The third-order valence-electron chi connectivity index (χ3n) is 5.22. The van der Waals surface area contributed by atoms with E-state index in [9.17, 15) is 9.90 Å². The van der Waals surface area contributed by atoms with E-state index in [0.29, 0.717) is 6.42 Å². The normalized spacial score (nSPS) is 28.9. The van der Waals surface area contributed by atoms with Crippen LogP contribution in [0.2, 0.25) is 0 Å². The molecule has 1 aliphatic carbocycles. The summed E-state index contributed by atoms with van der Waals surface area (Å²) in [4.78, 5) is 14.5. The van der Waals surface area contributed by atoms with Gasteiger partial charge in [0.2, 0.25) is 0 Å². The van der Waals surface area contributed by atoms with Crippen LogP contribution < -0.4 is 0 Å². The molecule has 0 spiro atoms. The summed E-state index contributed by atoms with van der Waals surface area (Å²) < 4.78 is 5.34. The van der Waals surface area contributed by atoms with Crippen LogP contribution in [0.1, 0.15) is 44.9 Å². The number of rotatable bonds is 10. The molecule has 2 fully saturated rings. The number of aliphatic hydroxyl groups excluding tert-OH is 2. The number of carbonyl (C=O) groups excluding carboxylic acids is 1. The quantitative estimate of drug-likeness (QED) is 0.469. The maximum absolute atomic E-state index is 12.2. The minimum absolute atomic E-state index is 0.00960. The summed E-state index contributed by atoms with van der Waals surface area (Å²) in [6, 6.07) is 0. The van der Waals surface area contributed by atoms with Crippen molar-refractivity contribution in [2.24, 2.45) is 11.8 Å². The zero-order valence-corrected chi connectivity index (χ0v) is 14.7. The van der Waals surface area contributed by atoms with Crippen LogP contribution in [0, 0.1) is 11.8 Å². The van der Waals surface area contributed by atoms with Crippen LogP contribution in [-0.2, 0) is 9.53 Å². The lowest BCUT2D eigenvalue weighted by Crippen LogP contribution is -2.38. The first-order valence-corrected chi connectivity index (χ1v) is 9.50. The first kappa shape index (κ1) is 19.6. The number of ketones is 1. The lowest BCUT2D eigenvalue weighted by molar-refractivity contribution is -0.122. The summed E-state index contributed by atoms with van der Waals surface area (Å²) in [6.07, 6.45) is 10.0. The van der Waals surface area contributed by atoms with Gasteiger partial charge in [0.25, 0.3) is 0 Å². The number of hydrogen-bond donors (Lipinski definition) is 2. The van der Waals surface area contributed by atoms with Crippen molar-refractivity contribution in [3.05, 3.63) is 12.2 Å². The molecule has 1 heterocycles. The zero-order chi connectivity index (χ0) is 17.2. The van der Waals surface area contributed by atoms with Gasteiger partial charge in [-0.3, -0.25) is 9.69 Å². The Labute approximate surface area is 145 Å². The molecule has 24 heavy (non-hydrogen) atoms. The zero-order valence-electron chi connectivity index (χ0n) is 14.7. The van der Waals surface area contributed by atoms with Gasteiger partial charge in [-0.05, 0) is 32.2 Å². The number of morpholine rings is 1. The number of unbranched alkanes of at least 4 members (excludes halogenated alkanes) is 4. The molecule has 0 amide bonds. The third kappa shape index (κ3) is 6.28. The average Bonchev–Trinajstić information content (AvgIpc) is 2.87. The highest BCUT2D eigenvalue weighted by Crippen LogP contribution is 2.32. The molecule has 0 aromatic rings. The van der Waals surface area contributed by atoms with E-state index in [2.05, 4.69) is 11.0 Å². The predicted octanol–water partition coefficient (Wildman–Crippen LogP) is 1.77. The molecule has 2 aliphatic rings. The van der Waals surface area contributed by atoms with Gasteiger partial charge in [-0.2, -0.15) is 0 Å². The molecule has 1 saturated carbocycles. The number of carbonyl (C=O) groups is 1. The lowest BCUT2D eigenvalue weighted by Gasteiger charge is -2.28. The smallest absolute Gasteiger partial charge is 0.139 e. The van der Waals surface area contributed by atoms with Crippen LogP contribution in [0.15, 0.2) is 12.2 Å². The Bertz CT molecular complexity index is 393. The SMILES string of the molecule is O=C1C[C@H](/C=C/CCCCCCO)[C@H](O)C1CCN1CCOCC1. The highest BCUT2D eigenvalue weighted by molar-refractivity contribution is 5.84. The monoisotopic (exact) mass is 339 g/mol. The van der Waals surface area contributed by atoms with E-state index in [-0.39, 0.29) is 24.2 Å². The Morgan fingerprint density at radius 2 is 1.92 bits per heavy atom. The van der Waals surface area contributed by atoms with Gasteiger partial charge >= 0.3 is 0 Å². The van der Waals surface area contributed by atoms with E-state index in [0.717, 1.165) is 71.4 Å². The number of nitrogens with zero attached hydrogens (tertiary/aromatic N) is 1. The van der Waals surface area contributed by atoms with Crippen LogP contribution in [0.3, 0.4) is 0 Å². The van der Waals surface area contributed by atoms with E-state index in [1.807, 2.05) is 6.08 Å². The van der Waals surface area contributed by atoms with Crippen molar-refractivity contribution in [1.82, 2.24) is 4.90 Å². The van der Waals surface area contributed by atoms with Crippen LogP contribution in [0.25, 0.3) is 0 Å². The topological polar surface area (TPSA) is 70.0 Å². The van der Waals surface area contributed by atoms with Crippen molar-refractivity contribution in [2.75, 3.05) is 39.5 Å². The molecule has 0 aromatic heterocycles. The fourth-order valence-corrected chi connectivity index (χ4v) is 3.65. The summed E-state index contributed by atoms with van der Waals surface area (Å²) >= 11 is 0. The Morgan fingerprint density at radius 1 is 1.17 bits per heavy atom. The molecule has 0 radical (unpaired) electrons. The van der Waals surface area contributed by atoms with Crippen molar-refractivity contribution >= 4 is 5.78 Å². The lowest BCUT2D eigenvalue weighted by atomic mass is 9.96. The van der Waals surface area contributed by atoms with E-state index < -0.39 is 6.10 Å². The van der Waals surface area contributed by atoms with Crippen molar-refractivity contribution in [3.63, 3.8) is 0 Å². The second-order valence-corrected chi connectivity index (χ2v) is 7.03. The molecule has 5 nitrogen and oxygen atoms in total. The maximum Gasteiger partial charge on any atom is 0.139 e. The summed E-state index contributed by atoms with van der Waals surface area (Å²) in [5, 5.41) is 19.2. The summed E-state index contributed by atoms with van der Waals surface area (Å²) in [5.74, 6) is 0.00466. The summed E-state index contributed by atoms with van der Waals surface area (Å²) in [5.41, 5.74) is 0. The third-order valence-corrected chi connectivity index (χ3v) is 5.22. The largest absolute Gasteiger partial charge is 0.396 e. The minimum Gasteiger partial charge on any atom is -0.396 e. The van der Waals surface area contributed by atoms with Crippen LogP contribution in [-0.4, -0.2) is 66.5 Å². The molecular formula is C19H33NO4. The van der Waals surface area contributed by atoms with Gasteiger partial charge in [-0.25, -0.2) is 0 Å². The number of aliphatic hydroxyl groups is 2. The molecule has 1 unspecified atom stereocenters. The molecule has 2 N–H and O–H groups in total. The molecule has 5 heteroatoms. The predicted molar refractivity (Wildman–Crippen MR) is 93.8 cm³/mol. The van der Waals surface area contributed by atoms with Gasteiger partial charge in [0.15, 0.2) is 0 Å². The van der Waals surface area contributed by atoms with Crippen LogP contribution in [0.4, 0.5) is 0 Å². The molecule has 1 saturated heterocycles. The number of hydrogen-bond acceptors (Lipinski definition) is 5. The fourth-order valence-electron chi connectivity index (χ4n) is 3.65. The molecule has 3 atom stereocenters. The average molecular weight is 339 g/mol. The van der Waals surface area contributed by atoms with Gasteiger partial charge < -0.3 is 14.9 Å². The minimum atomic E-state index is -0.524. The Hall–Kier alpha value is -0.750. The van der Waals surface area contributed by atoms with Gasteiger partial charge in [0, 0.05) is 38.0 Å². The fraction of sp³-hybridized carbons (Fsp3) is 0.842. The highest BCUT2D eigenvalue weighted by Gasteiger charge is 2.39. The molecule has 138 valence electrons. The van der Waals surface area contributed by atoms with Crippen LogP contribution >= 0.6 is 0 Å². The maximum atomic E-state index is 12.2. The van der Waals surface area contributed by atoms with E-state index in [1.54, 1.807) is 0 Å². The first-order chi connectivity index (χ1) is 11.7. The number of Topliss-reactive ketones (excluding diaryl/α,β-unsaturated/α-hetero) is 1. The van der Waals surface area contributed by atoms with Crippen LogP contribution in [0.5, 0.6) is 0 Å². The second-order valence-electron chi connectivity index (χ2n) is 7.03. The molecule has 2 rings (SSSR count). The highest BCUT2D eigenvalue weighted by atomic mass is 16.5. The number of ether oxygens (including phenoxy) is 1. The summed E-state index contributed by atoms with van der Waals surface area (Å²) in [7, 11) is 0. The van der Waals surface area contributed by atoms with Gasteiger partial charge in [-0.1, -0.05) is 25.0 Å². The van der Waals surface area contributed by atoms with E-state index >= 15 is 0 Å². The van der Waals surface area contributed by atoms with Crippen molar-refractivity contribution < 1.29 is 19.7 Å². The van der Waals surface area contributed by atoms with E-state index in [1.165, 1.54) is 0 Å². The molecule has 0 aromatic carbocycles. The molecule has 1 aliphatic heterocycles. The summed E-state index contributed by atoms with van der Waals surface area (Å²) in [6.45, 7) is 4.54. The van der Waals surface area contributed by atoms with E-state index in [4.69, 9.17) is 9.84 Å². The van der Waals surface area contributed by atoms with Crippen molar-refractivity contribution in [3.8, 4) is 0 Å². The van der Waals surface area contributed by atoms with Gasteiger partial charge in [-0.15, -0.1) is 0 Å². The number of allylic oxidation sites excluding steroid dienone is 1. The van der Waals surface area contributed by atoms with Crippen molar-refractivity contribution in [2.45, 2.75) is 51.0 Å². The van der Waals surface area contributed by atoms with Gasteiger partial charge in [0.1, 0.15) is 5.78 Å².